The van der Waals surface area contributed by atoms with Crippen molar-refractivity contribution < 1.29 is 13.2 Å². The van der Waals surface area contributed by atoms with Gasteiger partial charge in [-0.3, -0.25) is 4.79 Å². The van der Waals surface area contributed by atoms with Crippen LogP contribution >= 0.6 is 0 Å². The average Bonchev–Trinajstić information content (AvgIpc) is 2.42. The molecule has 6 heteroatoms. The lowest BCUT2D eigenvalue weighted by Gasteiger charge is -2.26. The molecule has 0 aliphatic carbocycles. The van der Waals surface area contributed by atoms with E-state index in [0.29, 0.717) is 16.6 Å². The Morgan fingerprint density at radius 1 is 1.23 bits per heavy atom. The van der Waals surface area contributed by atoms with Crippen molar-refractivity contribution in [3.8, 4) is 0 Å². The van der Waals surface area contributed by atoms with Crippen LogP contribution in [0.15, 0.2) is 17.0 Å². The summed E-state index contributed by atoms with van der Waals surface area (Å²) < 4.78 is 26.5. The van der Waals surface area contributed by atoms with Gasteiger partial charge in [-0.05, 0) is 30.9 Å². The molecule has 1 aromatic rings. The highest BCUT2D eigenvalue weighted by Gasteiger charge is 2.32. The van der Waals surface area contributed by atoms with Crippen molar-refractivity contribution in [3.05, 3.63) is 23.3 Å². The normalized spacial score (nSPS) is 14.5. The van der Waals surface area contributed by atoms with E-state index in [1.165, 1.54) is 7.05 Å². The molecule has 2 radical (unpaired) electrons. The molecule has 0 heterocycles. The Morgan fingerprint density at radius 3 is 2.09 bits per heavy atom. The van der Waals surface area contributed by atoms with Gasteiger partial charge in [0.05, 0.1) is 4.90 Å². The summed E-state index contributed by atoms with van der Waals surface area (Å²) in [7, 11) is 3.19. The van der Waals surface area contributed by atoms with Gasteiger partial charge in [0.25, 0.3) is 10.0 Å². The van der Waals surface area contributed by atoms with Crippen LogP contribution in [0.3, 0.4) is 0 Å². The second-order valence-electron chi connectivity index (χ2n) is 5.97. The fourth-order valence-electron chi connectivity index (χ4n) is 2.53. The summed E-state index contributed by atoms with van der Waals surface area (Å²) >= 11 is 0. The van der Waals surface area contributed by atoms with E-state index < -0.39 is 10.0 Å². The molecule has 0 N–H and O–H groups in total. The molecule has 4 nitrogen and oxygen atoms in total. The molecule has 1 amide bonds. The van der Waals surface area contributed by atoms with Crippen LogP contribution in [0.4, 0.5) is 0 Å². The number of benzene rings is 1. The van der Waals surface area contributed by atoms with E-state index in [-0.39, 0.29) is 22.6 Å². The molecule has 2 atom stereocenters. The van der Waals surface area contributed by atoms with Crippen LogP contribution in [0.2, 0.25) is 0 Å². The van der Waals surface area contributed by atoms with E-state index in [1.807, 2.05) is 13.8 Å². The number of amides is 1. The molecule has 120 valence electrons. The monoisotopic (exact) mass is 321 g/mol. The van der Waals surface area contributed by atoms with Crippen LogP contribution in [0, 0.1) is 25.7 Å². The van der Waals surface area contributed by atoms with Crippen LogP contribution in [-0.4, -0.2) is 33.5 Å². The third-order valence-corrected chi connectivity index (χ3v) is 6.36. The average molecular weight is 321 g/mol. The standard InChI is InChI=1S/C16H24BNO3S/c1-7-10(2)13(5)16(19)18(6)22(20,21)15-11(3)8-14(17)9-12(15)4/h8-10,13H,7H2,1-6H3. The molecule has 0 saturated carbocycles. The molecular formula is C16H24BNO3S. The Kier molecular flexibility index (Phi) is 5.85. The van der Waals surface area contributed by atoms with Crippen molar-refractivity contribution in [2.45, 2.75) is 45.9 Å². The summed E-state index contributed by atoms with van der Waals surface area (Å²) in [4.78, 5) is 12.6. The van der Waals surface area contributed by atoms with Gasteiger partial charge in [-0.1, -0.05) is 44.8 Å². The second kappa shape index (κ2) is 6.86. The van der Waals surface area contributed by atoms with Gasteiger partial charge in [-0.15, -0.1) is 0 Å². The fraction of sp³-hybridized carbons (Fsp3) is 0.562. The Balaban J connectivity index is 3.28. The summed E-state index contributed by atoms with van der Waals surface area (Å²) in [5.74, 6) is -0.608. The van der Waals surface area contributed by atoms with E-state index in [4.69, 9.17) is 7.85 Å². The number of hydrogen-bond donors (Lipinski definition) is 0. The predicted molar refractivity (Wildman–Crippen MR) is 89.9 cm³/mol. The van der Waals surface area contributed by atoms with Crippen LogP contribution in [0.5, 0.6) is 0 Å². The van der Waals surface area contributed by atoms with Gasteiger partial charge in [-0.2, -0.15) is 0 Å². The highest BCUT2D eigenvalue weighted by atomic mass is 32.2. The highest BCUT2D eigenvalue weighted by Crippen LogP contribution is 2.25. The van der Waals surface area contributed by atoms with Gasteiger partial charge < -0.3 is 0 Å². The quantitative estimate of drug-likeness (QED) is 0.779. The van der Waals surface area contributed by atoms with Crippen molar-refractivity contribution in [1.29, 1.82) is 0 Å². The van der Waals surface area contributed by atoms with E-state index in [9.17, 15) is 13.2 Å². The Bertz CT molecular complexity index is 647. The maximum Gasteiger partial charge on any atom is 0.266 e. The molecule has 22 heavy (non-hydrogen) atoms. The number of hydrogen-bond acceptors (Lipinski definition) is 3. The van der Waals surface area contributed by atoms with Crippen molar-refractivity contribution in [2.75, 3.05) is 7.05 Å². The predicted octanol–water partition coefficient (Wildman–Crippen LogP) is 1.93. The van der Waals surface area contributed by atoms with Crippen LogP contribution < -0.4 is 5.46 Å². The molecule has 0 aromatic heterocycles. The molecular weight excluding hydrogens is 297 g/mol. The zero-order chi connectivity index (χ0) is 17.2. The number of carbonyl (C=O) groups excluding carboxylic acids is 1. The lowest BCUT2D eigenvalue weighted by Crippen LogP contribution is -2.39. The molecule has 2 unspecified atom stereocenters. The molecule has 0 aliphatic rings. The minimum Gasteiger partial charge on any atom is -0.273 e. The van der Waals surface area contributed by atoms with E-state index >= 15 is 0 Å². The van der Waals surface area contributed by atoms with E-state index in [1.54, 1.807) is 32.9 Å². The molecule has 0 bridgehead atoms. The van der Waals surface area contributed by atoms with Gasteiger partial charge in [-0.25, -0.2) is 12.7 Å². The first-order valence-corrected chi connectivity index (χ1v) is 8.87. The molecule has 0 spiro atoms. The summed E-state index contributed by atoms with van der Waals surface area (Å²) in [6, 6.07) is 3.21. The van der Waals surface area contributed by atoms with Gasteiger partial charge in [0.2, 0.25) is 5.91 Å². The Hall–Kier alpha value is -1.30. The largest absolute Gasteiger partial charge is 0.273 e. The third-order valence-electron chi connectivity index (χ3n) is 4.30. The second-order valence-corrected chi connectivity index (χ2v) is 7.87. The van der Waals surface area contributed by atoms with Crippen LogP contribution in [0.1, 0.15) is 38.3 Å². The van der Waals surface area contributed by atoms with Crippen molar-refractivity contribution in [1.82, 2.24) is 4.31 Å². The van der Waals surface area contributed by atoms with Gasteiger partial charge >= 0.3 is 0 Å². The summed E-state index contributed by atoms with van der Waals surface area (Å²) in [5.41, 5.74) is 1.61. The molecule has 1 rings (SSSR count). The van der Waals surface area contributed by atoms with Gasteiger partial charge in [0, 0.05) is 13.0 Å². The minimum atomic E-state index is -3.87. The van der Waals surface area contributed by atoms with Crippen molar-refractivity contribution >= 4 is 29.2 Å². The smallest absolute Gasteiger partial charge is 0.266 e. The number of carbonyl (C=O) groups is 1. The number of aryl methyl sites for hydroxylation is 2. The fourth-order valence-corrected chi connectivity index (χ4v) is 4.14. The highest BCUT2D eigenvalue weighted by molar-refractivity contribution is 7.89. The first kappa shape index (κ1) is 18.8. The number of rotatable bonds is 5. The number of sulfonamides is 1. The zero-order valence-corrected chi connectivity index (χ0v) is 15.0. The van der Waals surface area contributed by atoms with Crippen LogP contribution in [-0.2, 0) is 14.8 Å². The first-order chi connectivity index (χ1) is 10.0. The lowest BCUT2D eigenvalue weighted by molar-refractivity contribution is -0.130. The van der Waals surface area contributed by atoms with E-state index in [2.05, 4.69) is 0 Å². The summed E-state index contributed by atoms with van der Waals surface area (Å²) in [5, 5.41) is 0. The van der Waals surface area contributed by atoms with Crippen molar-refractivity contribution in [3.63, 3.8) is 0 Å². The first-order valence-electron chi connectivity index (χ1n) is 7.43. The summed E-state index contributed by atoms with van der Waals surface area (Å²) in [6.45, 7) is 9.07. The topological polar surface area (TPSA) is 54.5 Å². The maximum absolute atomic E-state index is 12.8. The van der Waals surface area contributed by atoms with Crippen molar-refractivity contribution in [2.24, 2.45) is 11.8 Å². The van der Waals surface area contributed by atoms with Crippen LogP contribution in [0.25, 0.3) is 0 Å². The Labute approximate surface area is 135 Å². The van der Waals surface area contributed by atoms with E-state index in [0.717, 1.165) is 10.7 Å². The number of nitrogens with zero attached hydrogens (tertiary/aromatic N) is 1. The zero-order valence-electron chi connectivity index (χ0n) is 14.2. The SMILES string of the molecule is [B]c1cc(C)c(S(=O)(=O)N(C)C(=O)C(C)C(C)CC)c(C)c1. The molecule has 0 fully saturated rings. The third kappa shape index (κ3) is 3.54. The lowest BCUT2D eigenvalue weighted by atomic mass is 9.93. The molecule has 0 aliphatic heterocycles. The maximum atomic E-state index is 12.8. The summed E-state index contributed by atoms with van der Waals surface area (Å²) in [6.07, 6.45) is 0.820. The van der Waals surface area contributed by atoms with Gasteiger partial charge in [0.1, 0.15) is 7.85 Å². The molecule has 1 aromatic carbocycles. The minimum absolute atomic E-state index is 0.124. The Morgan fingerprint density at radius 2 is 1.68 bits per heavy atom. The molecule has 0 saturated heterocycles. The van der Waals surface area contributed by atoms with Gasteiger partial charge in [0.15, 0.2) is 0 Å².